The first kappa shape index (κ1) is 18.7. The van der Waals surface area contributed by atoms with Crippen LogP contribution in [0.25, 0.3) is 11.6 Å². The molecule has 0 saturated heterocycles. The van der Waals surface area contributed by atoms with Crippen molar-refractivity contribution in [3.8, 4) is 11.9 Å². The molecule has 6 nitrogen and oxygen atoms in total. The highest BCUT2D eigenvalue weighted by molar-refractivity contribution is 6.31. The highest BCUT2D eigenvalue weighted by Crippen LogP contribution is 2.38. The van der Waals surface area contributed by atoms with Gasteiger partial charge in [-0.2, -0.15) is 5.26 Å². The fraction of sp³-hybridized carbons (Fsp3) is 0.0500. The number of rotatable bonds is 3. The second kappa shape index (κ2) is 7.04. The molecule has 3 aromatic rings. The minimum Gasteiger partial charge on any atom is -0.493 e. The van der Waals surface area contributed by atoms with Gasteiger partial charge in [0.25, 0.3) is 0 Å². The number of benzene rings is 2. The Balaban J connectivity index is 1.70. The van der Waals surface area contributed by atoms with E-state index in [0.29, 0.717) is 16.7 Å². The van der Waals surface area contributed by atoms with Crippen LogP contribution in [0, 0.1) is 23.0 Å². The number of allylic oxidation sites excluding steroid dienone is 1. The number of halogens is 3. The fourth-order valence-electron chi connectivity index (χ4n) is 3.03. The summed E-state index contributed by atoms with van der Waals surface area (Å²) in [7, 11) is 0. The third-order valence-electron chi connectivity index (χ3n) is 4.49. The van der Waals surface area contributed by atoms with Crippen molar-refractivity contribution in [3.63, 3.8) is 0 Å². The lowest BCUT2D eigenvalue weighted by molar-refractivity contribution is 0.420. The van der Waals surface area contributed by atoms with Gasteiger partial charge in [-0.05, 0) is 29.8 Å². The number of aromatic hydroxyl groups is 1. The molecule has 2 heterocycles. The van der Waals surface area contributed by atoms with E-state index >= 15 is 0 Å². The molecule has 1 aliphatic rings. The SMILES string of the molecule is N#Cc1ccc(Cn2c(O)c(C=C3C=Nc4c3ccc(Cl)c4F)[nH]c2=O)cc1F. The summed E-state index contributed by atoms with van der Waals surface area (Å²) < 4.78 is 28.9. The number of aromatic nitrogens is 2. The second-order valence-corrected chi connectivity index (χ2v) is 6.70. The molecular weight excluding hydrogens is 402 g/mol. The Hall–Kier alpha value is -3.70. The quantitative estimate of drug-likeness (QED) is 0.681. The fourth-order valence-corrected chi connectivity index (χ4v) is 3.18. The van der Waals surface area contributed by atoms with Gasteiger partial charge in [0.1, 0.15) is 23.3 Å². The van der Waals surface area contributed by atoms with Crippen LogP contribution in [0.5, 0.6) is 5.88 Å². The maximum atomic E-state index is 14.1. The van der Waals surface area contributed by atoms with E-state index in [4.69, 9.17) is 16.9 Å². The monoisotopic (exact) mass is 412 g/mol. The summed E-state index contributed by atoms with van der Waals surface area (Å²) in [5.41, 5.74) is 0.777. The van der Waals surface area contributed by atoms with Gasteiger partial charge in [-0.15, -0.1) is 0 Å². The molecule has 0 amide bonds. The summed E-state index contributed by atoms with van der Waals surface area (Å²) in [6.45, 7) is -0.109. The molecule has 0 radical (unpaired) electrons. The predicted octanol–water partition coefficient (Wildman–Crippen LogP) is 3.99. The van der Waals surface area contributed by atoms with Gasteiger partial charge >= 0.3 is 5.69 Å². The molecule has 2 N–H and O–H groups in total. The summed E-state index contributed by atoms with van der Waals surface area (Å²) in [5.74, 6) is -1.74. The second-order valence-electron chi connectivity index (χ2n) is 6.29. The molecular formula is C20H11ClF2N4O2. The summed E-state index contributed by atoms with van der Waals surface area (Å²) in [5, 5.41) is 19.2. The van der Waals surface area contributed by atoms with Gasteiger partial charge in [0, 0.05) is 17.4 Å². The third kappa shape index (κ3) is 3.22. The molecule has 0 saturated carbocycles. The van der Waals surface area contributed by atoms with E-state index < -0.39 is 17.3 Å². The summed E-state index contributed by atoms with van der Waals surface area (Å²) in [6.07, 6.45) is 2.85. The maximum Gasteiger partial charge on any atom is 0.329 e. The topological polar surface area (TPSA) is 94.2 Å². The van der Waals surface area contributed by atoms with Crippen LogP contribution in [0.3, 0.4) is 0 Å². The Morgan fingerprint density at radius 3 is 2.83 bits per heavy atom. The lowest BCUT2D eigenvalue weighted by Gasteiger charge is -2.05. The van der Waals surface area contributed by atoms with Crippen LogP contribution < -0.4 is 5.69 Å². The summed E-state index contributed by atoms with van der Waals surface area (Å²) >= 11 is 5.75. The number of hydrogen-bond acceptors (Lipinski definition) is 4. The molecule has 0 aliphatic carbocycles. The zero-order valence-corrected chi connectivity index (χ0v) is 15.3. The van der Waals surface area contributed by atoms with Gasteiger partial charge in [-0.3, -0.25) is 9.56 Å². The molecule has 0 atom stereocenters. The van der Waals surface area contributed by atoms with Crippen LogP contribution in [-0.2, 0) is 6.54 Å². The largest absolute Gasteiger partial charge is 0.493 e. The third-order valence-corrected chi connectivity index (χ3v) is 4.78. The van der Waals surface area contributed by atoms with E-state index in [1.807, 2.05) is 0 Å². The number of nitrogens with one attached hydrogen (secondary N) is 1. The van der Waals surface area contributed by atoms with Crippen molar-refractivity contribution in [1.29, 1.82) is 5.26 Å². The van der Waals surface area contributed by atoms with Crippen molar-refractivity contribution < 1.29 is 13.9 Å². The lowest BCUT2D eigenvalue weighted by Crippen LogP contribution is -2.17. The van der Waals surface area contributed by atoms with Gasteiger partial charge in [0.2, 0.25) is 5.88 Å². The van der Waals surface area contributed by atoms with Gasteiger partial charge in [-0.1, -0.05) is 23.7 Å². The molecule has 29 heavy (non-hydrogen) atoms. The zero-order valence-electron chi connectivity index (χ0n) is 14.6. The van der Waals surface area contributed by atoms with Crippen LogP contribution in [0.1, 0.15) is 22.4 Å². The first-order chi connectivity index (χ1) is 13.9. The van der Waals surface area contributed by atoms with Crippen LogP contribution in [0.15, 0.2) is 40.1 Å². The Kier molecular flexibility index (Phi) is 4.53. The van der Waals surface area contributed by atoms with Crippen LogP contribution >= 0.6 is 11.6 Å². The minimum atomic E-state index is -0.713. The van der Waals surface area contributed by atoms with Crippen molar-refractivity contribution >= 4 is 35.2 Å². The standard InChI is InChI=1S/C20H11ClF2N4O2/c21-14-4-3-13-12(8-25-18(13)17(14)23)6-16-19(28)27(20(29)26-16)9-10-1-2-11(7-24)15(22)5-10/h1-6,8,28H,9H2,(H,26,29). The molecule has 4 rings (SSSR count). The average Bonchev–Trinajstić information content (AvgIpc) is 3.22. The first-order valence-electron chi connectivity index (χ1n) is 8.33. The molecule has 2 aromatic carbocycles. The molecule has 0 spiro atoms. The van der Waals surface area contributed by atoms with Crippen molar-refractivity contribution in [3.05, 3.63) is 79.9 Å². The van der Waals surface area contributed by atoms with Gasteiger partial charge in [0.15, 0.2) is 5.82 Å². The number of nitriles is 1. The summed E-state index contributed by atoms with van der Waals surface area (Å²) in [6, 6.07) is 8.62. The normalized spacial score (nSPS) is 13.7. The maximum absolute atomic E-state index is 14.1. The Bertz CT molecular complexity index is 1320. The molecule has 0 fully saturated rings. The number of H-pyrrole nitrogens is 1. The highest BCUT2D eigenvalue weighted by atomic mass is 35.5. The van der Waals surface area contributed by atoms with Crippen LogP contribution in [-0.4, -0.2) is 20.9 Å². The first-order valence-corrected chi connectivity index (χ1v) is 8.71. The Morgan fingerprint density at radius 2 is 2.10 bits per heavy atom. The van der Waals surface area contributed by atoms with Gasteiger partial charge in [0.05, 0.1) is 17.1 Å². The van der Waals surface area contributed by atoms with E-state index in [9.17, 15) is 18.7 Å². The smallest absolute Gasteiger partial charge is 0.329 e. The van der Waals surface area contributed by atoms with Crippen molar-refractivity contribution in [2.24, 2.45) is 4.99 Å². The molecule has 0 bridgehead atoms. The predicted molar refractivity (Wildman–Crippen MR) is 104 cm³/mol. The number of aromatic amines is 1. The Morgan fingerprint density at radius 1 is 1.31 bits per heavy atom. The molecule has 1 aliphatic heterocycles. The highest BCUT2D eigenvalue weighted by Gasteiger charge is 2.20. The molecule has 144 valence electrons. The lowest BCUT2D eigenvalue weighted by atomic mass is 10.1. The van der Waals surface area contributed by atoms with Crippen LogP contribution in [0.2, 0.25) is 5.02 Å². The number of imidazole rings is 1. The van der Waals surface area contributed by atoms with Gasteiger partial charge < -0.3 is 10.1 Å². The van der Waals surface area contributed by atoms with Crippen molar-refractivity contribution in [2.45, 2.75) is 6.54 Å². The minimum absolute atomic E-state index is 0.0563. The number of aliphatic imine (C=N–C) groups is 1. The molecule has 9 heteroatoms. The van der Waals surface area contributed by atoms with E-state index in [1.165, 1.54) is 30.5 Å². The Labute approximate surface area is 167 Å². The van der Waals surface area contributed by atoms with Crippen molar-refractivity contribution in [1.82, 2.24) is 9.55 Å². The number of nitrogens with zero attached hydrogens (tertiary/aromatic N) is 3. The average molecular weight is 413 g/mol. The van der Waals surface area contributed by atoms with Crippen molar-refractivity contribution in [2.75, 3.05) is 0 Å². The van der Waals surface area contributed by atoms with E-state index in [0.717, 1.165) is 10.6 Å². The molecule has 1 aromatic heterocycles. The zero-order chi connectivity index (χ0) is 20.7. The van der Waals surface area contributed by atoms with E-state index in [1.54, 1.807) is 12.1 Å². The molecule has 0 unspecified atom stereocenters. The number of hydrogen-bond donors (Lipinski definition) is 2. The summed E-state index contributed by atoms with van der Waals surface area (Å²) in [4.78, 5) is 18.7. The van der Waals surface area contributed by atoms with E-state index in [2.05, 4.69) is 9.98 Å². The number of fused-ring (bicyclic) bond motifs is 1. The van der Waals surface area contributed by atoms with Gasteiger partial charge in [-0.25, -0.2) is 13.6 Å². The van der Waals surface area contributed by atoms with E-state index in [-0.39, 0.29) is 34.4 Å². The van der Waals surface area contributed by atoms with Crippen LogP contribution in [0.4, 0.5) is 14.5 Å².